The molecule has 1 atom stereocenters. The lowest BCUT2D eigenvalue weighted by atomic mass is 10.0. The maximum absolute atomic E-state index is 13.5. The minimum atomic E-state index is -1.22. The van der Waals surface area contributed by atoms with Crippen LogP contribution in [0.1, 0.15) is 26.3 Å². The highest BCUT2D eigenvalue weighted by Crippen LogP contribution is 2.35. The Bertz CT molecular complexity index is 1100. The summed E-state index contributed by atoms with van der Waals surface area (Å²) < 4.78 is 11.3. The first-order chi connectivity index (χ1) is 14.6. The molecule has 3 aromatic rings. The number of ether oxygens (including phenoxy) is 2. The normalized spacial score (nSPS) is 15.9. The van der Waals surface area contributed by atoms with Crippen molar-refractivity contribution in [2.75, 3.05) is 0 Å². The highest BCUT2D eigenvalue weighted by atomic mass is 16.7. The highest BCUT2D eigenvalue weighted by molar-refractivity contribution is 6.23. The van der Waals surface area contributed by atoms with Crippen molar-refractivity contribution in [3.63, 3.8) is 0 Å². The number of nitrogens with zero attached hydrogens (tertiary/aromatic N) is 1. The standard InChI is InChI=1S/C24H17NO5/c26-21(24-29-19-12-6-7-13-20(19)30-24)18(14-15-8-2-1-3-9-15)25-22(27)16-10-4-5-11-17(16)23(25)28/h1-13,18,24H,14H2/t18-/m0/s1. The molecule has 2 aliphatic rings. The Labute approximate surface area is 172 Å². The van der Waals surface area contributed by atoms with E-state index in [9.17, 15) is 14.4 Å². The van der Waals surface area contributed by atoms with Crippen molar-refractivity contribution < 1.29 is 23.9 Å². The molecule has 0 saturated heterocycles. The van der Waals surface area contributed by atoms with Crippen molar-refractivity contribution in [1.82, 2.24) is 4.90 Å². The van der Waals surface area contributed by atoms with Crippen LogP contribution in [0.3, 0.4) is 0 Å². The Kier molecular flexibility index (Phi) is 4.32. The molecule has 0 saturated carbocycles. The zero-order valence-corrected chi connectivity index (χ0v) is 15.9. The number of hydrogen-bond acceptors (Lipinski definition) is 5. The average Bonchev–Trinajstić information content (AvgIpc) is 3.32. The predicted octanol–water partition coefficient (Wildman–Crippen LogP) is 3.26. The Hall–Kier alpha value is -3.93. The fraction of sp³-hybridized carbons (Fsp3) is 0.125. The number of benzene rings is 3. The van der Waals surface area contributed by atoms with Crippen LogP contribution in [0.25, 0.3) is 0 Å². The monoisotopic (exact) mass is 399 g/mol. The Balaban J connectivity index is 1.50. The molecule has 2 aliphatic heterocycles. The van der Waals surface area contributed by atoms with Crippen molar-refractivity contribution in [3.8, 4) is 11.5 Å². The molecule has 148 valence electrons. The average molecular weight is 399 g/mol. The van der Waals surface area contributed by atoms with Crippen molar-refractivity contribution in [1.29, 1.82) is 0 Å². The van der Waals surface area contributed by atoms with Gasteiger partial charge in [-0.15, -0.1) is 0 Å². The number of hydrogen-bond donors (Lipinski definition) is 0. The third-order valence-corrected chi connectivity index (χ3v) is 5.29. The summed E-state index contributed by atoms with van der Waals surface area (Å²) in [6.45, 7) is 0. The lowest BCUT2D eigenvalue weighted by Crippen LogP contribution is -2.51. The maximum atomic E-state index is 13.5. The first-order valence-electron chi connectivity index (χ1n) is 9.60. The molecule has 5 rings (SSSR count). The molecule has 3 aromatic carbocycles. The summed E-state index contributed by atoms with van der Waals surface area (Å²) in [5.41, 5.74) is 1.41. The number of rotatable bonds is 5. The van der Waals surface area contributed by atoms with E-state index in [0.29, 0.717) is 22.6 Å². The summed E-state index contributed by atoms with van der Waals surface area (Å²) in [5, 5.41) is 0. The molecule has 6 nitrogen and oxygen atoms in total. The smallest absolute Gasteiger partial charge is 0.303 e. The third kappa shape index (κ3) is 2.93. The van der Waals surface area contributed by atoms with Gasteiger partial charge in [0.05, 0.1) is 11.1 Å². The quantitative estimate of drug-likeness (QED) is 0.616. The molecule has 0 fully saturated rings. The number of carbonyl (C=O) groups excluding carboxylic acids is 3. The van der Waals surface area contributed by atoms with E-state index in [4.69, 9.17) is 9.47 Å². The van der Waals surface area contributed by atoms with E-state index in [1.807, 2.05) is 30.3 Å². The van der Waals surface area contributed by atoms with Crippen LogP contribution in [-0.4, -0.2) is 34.8 Å². The SMILES string of the molecule is O=C(C1Oc2ccccc2O1)[C@H](Cc1ccccc1)N1C(=O)c2ccccc2C1=O. The van der Waals surface area contributed by atoms with Crippen molar-refractivity contribution in [2.45, 2.75) is 18.8 Å². The van der Waals surface area contributed by atoms with Crippen LogP contribution in [0.4, 0.5) is 0 Å². The molecule has 6 heteroatoms. The van der Waals surface area contributed by atoms with E-state index in [1.165, 1.54) is 0 Å². The summed E-state index contributed by atoms with van der Waals surface area (Å²) >= 11 is 0. The number of ketones is 1. The van der Waals surface area contributed by atoms with Gasteiger partial charge in [-0.2, -0.15) is 0 Å². The lowest BCUT2D eigenvalue weighted by molar-refractivity contribution is -0.138. The van der Waals surface area contributed by atoms with Crippen molar-refractivity contribution in [3.05, 3.63) is 95.6 Å². The van der Waals surface area contributed by atoms with Gasteiger partial charge in [0.15, 0.2) is 11.5 Å². The second-order valence-corrected chi connectivity index (χ2v) is 7.15. The molecule has 0 unspecified atom stereocenters. The highest BCUT2D eigenvalue weighted by Gasteiger charge is 2.46. The topological polar surface area (TPSA) is 72.9 Å². The van der Waals surface area contributed by atoms with Gasteiger partial charge in [0.1, 0.15) is 6.04 Å². The zero-order chi connectivity index (χ0) is 20.7. The Morgan fingerprint density at radius 1 is 0.767 bits per heavy atom. The van der Waals surface area contributed by atoms with Crippen LogP contribution in [0.2, 0.25) is 0 Å². The van der Waals surface area contributed by atoms with E-state index in [-0.39, 0.29) is 6.42 Å². The van der Waals surface area contributed by atoms with Gasteiger partial charge in [-0.1, -0.05) is 54.6 Å². The number of amides is 2. The van der Waals surface area contributed by atoms with Gasteiger partial charge in [0.2, 0.25) is 5.78 Å². The summed E-state index contributed by atoms with van der Waals surface area (Å²) in [7, 11) is 0. The van der Waals surface area contributed by atoms with Crippen LogP contribution in [-0.2, 0) is 11.2 Å². The summed E-state index contributed by atoms with van der Waals surface area (Å²) in [5.74, 6) is -0.543. The van der Waals surface area contributed by atoms with Crippen LogP contribution in [0, 0.1) is 0 Å². The van der Waals surface area contributed by atoms with E-state index in [0.717, 1.165) is 10.5 Å². The number of carbonyl (C=O) groups is 3. The maximum Gasteiger partial charge on any atom is 0.303 e. The van der Waals surface area contributed by atoms with Crippen LogP contribution in [0.15, 0.2) is 78.9 Å². The van der Waals surface area contributed by atoms with E-state index < -0.39 is 29.9 Å². The van der Waals surface area contributed by atoms with Crippen LogP contribution < -0.4 is 9.47 Å². The molecule has 0 spiro atoms. The summed E-state index contributed by atoms with van der Waals surface area (Å²) in [6.07, 6.45) is -1.05. The van der Waals surface area contributed by atoms with Crippen LogP contribution in [0.5, 0.6) is 11.5 Å². The molecule has 0 N–H and O–H groups in total. The van der Waals surface area contributed by atoms with E-state index in [1.54, 1.807) is 48.5 Å². The summed E-state index contributed by atoms with van der Waals surface area (Å²) in [4.78, 5) is 40.6. The lowest BCUT2D eigenvalue weighted by Gasteiger charge is -2.26. The molecule has 0 aliphatic carbocycles. The minimum Gasteiger partial charge on any atom is -0.444 e. The van der Waals surface area contributed by atoms with E-state index >= 15 is 0 Å². The number of imide groups is 1. The molecule has 2 amide bonds. The predicted molar refractivity (Wildman–Crippen MR) is 107 cm³/mol. The largest absolute Gasteiger partial charge is 0.444 e. The van der Waals surface area contributed by atoms with Gasteiger partial charge >= 0.3 is 6.29 Å². The minimum absolute atomic E-state index is 0.171. The van der Waals surface area contributed by atoms with Gasteiger partial charge < -0.3 is 9.47 Å². The van der Waals surface area contributed by atoms with Gasteiger partial charge in [-0.05, 0) is 29.8 Å². The Morgan fingerprint density at radius 3 is 1.83 bits per heavy atom. The van der Waals surface area contributed by atoms with Crippen LogP contribution >= 0.6 is 0 Å². The fourth-order valence-electron chi connectivity index (χ4n) is 3.82. The van der Waals surface area contributed by atoms with Crippen molar-refractivity contribution in [2.24, 2.45) is 0 Å². The third-order valence-electron chi connectivity index (χ3n) is 5.29. The zero-order valence-electron chi connectivity index (χ0n) is 15.9. The second-order valence-electron chi connectivity index (χ2n) is 7.15. The van der Waals surface area contributed by atoms with Crippen molar-refractivity contribution >= 4 is 17.6 Å². The fourth-order valence-corrected chi connectivity index (χ4v) is 3.82. The first-order valence-corrected chi connectivity index (χ1v) is 9.60. The molecule has 2 heterocycles. The summed E-state index contributed by atoms with van der Waals surface area (Å²) in [6, 6.07) is 21.7. The number of Topliss-reactive ketones (excluding diaryl/α,β-unsaturated/α-hetero) is 1. The molecule has 0 aromatic heterocycles. The molecular weight excluding hydrogens is 382 g/mol. The molecular formula is C24H17NO5. The Morgan fingerprint density at radius 2 is 1.27 bits per heavy atom. The second kappa shape index (κ2) is 7.15. The van der Waals surface area contributed by atoms with Gasteiger partial charge in [0.25, 0.3) is 11.8 Å². The van der Waals surface area contributed by atoms with Gasteiger partial charge in [-0.25, -0.2) is 0 Å². The van der Waals surface area contributed by atoms with Gasteiger partial charge in [0, 0.05) is 6.42 Å². The number of para-hydroxylation sites is 2. The number of fused-ring (bicyclic) bond motifs is 2. The molecule has 0 radical (unpaired) electrons. The van der Waals surface area contributed by atoms with Gasteiger partial charge in [-0.3, -0.25) is 19.3 Å². The molecule has 0 bridgehead atoms. The first kappa shape index (κ1) is 18.1. The van der Waals surface area contributed by atoms with E-state index in [2.05, 4.69) is 0 Å². The molecule has 30 heavy (non-hydrogen) atoms.